The van der Waals surface area contributed by atoms with Crippen molar-refractivity contribution in [2.24, 2.45) is 0 Å². The summed E-state index contributed by atoms with van der Waals surface area (Å²) in [7, 11) is 7.85. The summed E-state index contributed by atoms with van der Waals surface area (Å²) >= 11 is 0. The quantitative estimate of drug-likeness (QED) is 0.126. The molecule has 0 fully saturated rings. The molecule has 0 heterocycles. The maximum atomic E-state index is 8.59. The second-order valence-electron chi connectivity index (χ2n) is 6.29. The Morgan fingerprint density at radius 1 is 0.733 bits per heavy atom. The molecular formula is C19H47NO9Si. The van der Waals surface area contributed by atoms with E-state index in [4.69, 9.17) is 34.3 Å². The summed E-state index contributed by atoms with van der Waals surface area (Å²) in [6, 6.07) is 0. The van der Waals surface area contributed by atoms with Gasteiger partial charge >= 0.3 is 0 Å². The predicted octanol–water partition coefficient (Wildman–Crippen LogP) is -2.01. The van der Waals surface area contributed by atoms with Gasteiger partial charge in [-0.05, 0) is 26.4 Å². The minimum atomic E-state index is -0.0912. The Labute approximate surface area is 185 Å². The molecule has 4 N–H and O–H groups in total. The molecule has 186 valence electrons. The molecule has 0 aliphatic carbocycles. The van der Waals surface area contributed by atoms with Crippen molar-refractivity contribution >= 4 is 10.2 Å². The fourth-order valence-electron chi connectivity index (χ4n) is 1.84. The van der Waals surface area contributed by atoms with Crippen molar-refractivity contribution in [3.8, 4) is 0 Å². The number of nitrogens with one attached hydrogen (secondary N) is 1. The van der Waals surface area contributed by atoms with Crippen LogP contribution in [0.3, 0.4) is 0 Å². The fraction of sp³-hybridized carbons (Fsp3) is 1.00. The van der Waals surface area contributed by atoms with Gasteiger partial charge in [0.25, 0.3) is 0 Å². The van der Waals surface area contributed by atoms with E-state index in [1.807, 2.05) is 7.05 Å². The number of hydrogen-bond acceptors (Lipinski definition) is 10. The zero-order valence-electron chi connectivity index (χ0n) is 19.7. The number of aliphatic hydroxyl groups is 3. The first kappa shape index (κ1) is 34.4. The van der Waals surface area contributed by atoms with Gasteiger partial charge in [0.1, 0.15) is 0 Å². The number of hydrogen-bond donors (Lipinski definition) is 4. The van der Waals surface area contributed by atoms with Crippen molar-refractivity contribution in [2.45, 2.75) is 18.1 Å². The lowest BCUT2D eigenvalue weighted by atomic mass is 10.2. The average molecular weight is 462 g/mol. The molecule has 0 radical (unpaired) electrons. The van der Waals surface area contributed by atoms with Crippen LogP contribution < -0.4 is 5.32 Å². The number of ether oxygens (including phenoxy) is 6. The highest BCUT2D eigenvalue weighted by Crippen LogP contribution is 2.13. The number of rotatable bonds is 19. The summed E-state index contributed by atoms with van der Waals surface area (Å²) in [4.78, 5) is 0. The van der Waals surface area contributed by atoms with Gasteiger partial charge in [-0.3, -0.25) is 0 Å². The van der Waals surface area contributed by atoms with Gasteiger partial charge in [-0.2, -0.15) is 0 Å². The molecule has 0 amide bonds. The number of aliphatic hydroxyl groups excluding tert-OH is 3. The molecule has 0 rings (SSSR count). The molecule has 0 aliphatic rings. The van der Waals surface area contributed by atoms with Crippen LogP contribution in [0.4, 0.5) is 0 Å². The molecule has 0 aromatic carbocycles. The lowest BCUT2D eigenvalue weighted by Crippen LogP contribution is -2.38. The van der Waals surface area contributed by atoms with Crippen LogP contribution in [0.2, 0.25) is 0 Å². The van der Waals surface area contributed by atoms with Crippen LogP contribution in [-0.2, 0) is 28.4 Å². The fourth-order valence-corrected chi connectivity index (χ4v) is 2.40. The van der Waals surface area contributed by atoms with E-state index in [9.17, 15) is 0 Å². The van der Waals surface area contributed by atoms with E-state index in [2.05, 4.69) is 14.8 Å². The van der Waals surface area contributed by atoms with Crippen LogP contribution in [-0.4, -0.2) is 138 Å². The molecular weight excluding hydrogens is 414 g/mol. The second kappa shape index (κ2) is 31.0. The van der Waals surface area contributed by atoms with Crippen molar-refractivity contribution in [1.82, 2.24) is 5.32 Å². The first-order valence-corrected chi connectivity index (χ1v) is 11.2. The molecule has 0 saturated heterocycles. The van der Waals surface area contributed by atoms with Crippen LogP contribution in [0, 0.1) is 0 Å². The van der Waals surface area contributed by atoms with Gasteiger partial charge in [0.15, 0.2) is 0 Å². The van der Waals surface area contributed by atoms with Gasteiger partial charge in [0.05, 0.1) is 77.9 Å². The summed E-state index contributed by atoms with van der Waals surface area (Å²) in [6.07, 6.45) is 2.11. The second-order valence-corrected chi connectivity index (χ2v) is 8.12. The minimum absolute atomic E-state index is 0.0812. The molecule has 0 saturated carbocycles. The standard InChI is InChI=1S/C9H23NO3Si.2C5H12O3/c1-10-5-3-4-9(14,12-2)8-13-7-6-11;2*1-7-4-5-8-3-2-6/h10-11H,3-8H2,1-2,14H3;2*6H,2-5H2,1H3. The molecule has 0 bridgehead atoms. The van der Waals surface area contributed by atoms with Crippen molar-refractivity contribution in [2.75, 3.05) is 108 Å². The van der Waals surface area contributed by atoms with E-state index in [1.54, 1.807) is 21.3 Å². The largest absolute Gasteiger partial charge is 0.394 e. The van der Waals surface area contributed by atoms with Crippen molar-refractivity contribution < 1.29 is 43.7 Å². The molecule has 1 atom stereocenters. The third-order valence-corrected chi connectivity index (χ3v) is 4.80. The molecule has 0 aromatic heterocycles. The van der Waals surface area contributed by atoms with E-state index in [-0.39, 0.29) is 25.0 Å². The monoisotopic (exact) mass is 461 g/mol. The van der Waals surface area contributed by atoms with Gasteiger partial charge in [-0.15, -0.1) is 0 Å². The zero-order chi connectivity index (χ0) is 23.3. The van der Waals surface area contributed by atoms with E-state index in [0.717, 1.165) is 29.6 Å². The zero-order valence-corrected chi connectivity index (χ0v) is 21.7. The van der Waals surface area contributed by atoms with E-state index >= 15 is 0 Å². The Balaban J connectivity index is -0.000000391. The van der Waals surface area contributed by atoms with Gasteiger partial charge in [0.2, 0.25) is 0 Å². The Hall–Kier alpha value is -0.183. The first-order valence-electron chi connectivity index (χ1n) is 10.2. The normalized spacial score (nSPS) is 12.5. The van der Waals surface area contributed by atoms with Crippen molar-refractivity contribution in [3.63, 3.8) is 0 Å². The van der Waals surface area contributed by atoms with Gasteiger partial charge in [0, 0.05) is 31.6 Å². The summed E-state index contributed by atoms with van der Waals surface area (Å²) in [5, 5.41) is 28.0. The summed E-state index contributed by atoms with van der Waals surface area (Å²) < 4.78 is 29.8. The molecule has 0 spiro atoms. The molecule has 10 nitrogen and oxygen atoms in total. The number of methoxy groups -OCH3 is 3. The van der Waals surface area contributed by atoms with Gasteiger partial charge in [-0.25, -0.2) is 0 Å². The molecule has 30 heavy (non-hydrogen) atoms. The van der Waals surface area contributed by atoms with Crippen LogP contribution in [0.5, 0.6) is 0 Å². The minimum Gasteiger partial charge on any atom is -0.394 e. The molecule has 1 unspecified atom stereocenters. The highest BCUT2D eigenvalue weighted by molar-refractivity contribution is 6.14. The van der Waals surface area contributed by atoms with E-state index < -0.39 is 0 Å². The van der Waals surface area contributed by atoms with E-state index in [0.29, 0.717) is 52.9 Å². The topological polar surface area (TPSA) is 128 Å². The maximum absolute atomic E-state index is 8.59. The van der Waals surface area contributed by atoms with Gasteiger partial charge in [-0.1, -0.05) is 0 Å². The van der Waals surface area contributed by atoms with E-state index in [1.165, 1.54) is 0 Å². The Kier molecular flexibility index (Phi) is 35.6. The van der Waals surface area contributed by atoms with Crippen molar-refractivity contribution in [3.05, 3.63) is 0 Å². The summed E-state index contributed by atoms with van der Waals surface area (Å²) in [6.45, 7) is 5.40. The highest BCUT2D eigenvalue weighted by atomic mass is 28.1. The Bertz CT molecular complexity index is 259. The predicted molar refractivity (Wildman–Crippen MR) is 120 cm³/mol. The molecule has 0 aromatic rings. The lowest BCUT2D eigenvalue weighted by Gasteiger charge is -2.28. The average Bonchev–Trinajstić information content (AvgIpc) is 2.76. The molecule has 11 heteroatoms. The first-order chi connectivity index (χ1) is 14.5. The third kappa shape index (κ3) is 32.5. The van der Waals surface area contributed by atoms with Crippen LogP contribution in [0.1, 0.15) is 12.8 Å². The Morgan fingerprint density at radius 2 is 1.20 bits per heavy atom. The van der Waals surface area contributed by atoms with Crippen LogP contribution >= 0.6 is 0 Å². The van der Waals surface area contributed by atoms with Crippen molar-refractivity contribution in [1.29, 1.82) is 0 Å². The summed E-state index contributed by atoms with van der Waals surface area (Å²) in [5.41, 5.74) is 0. The molecule has 0 aliphatic heterocycles. The highest BCUT2D eigenvalue weighted by Gasteiger charge is 2.22. The smallest absolute Gasteiger partial charge is 0.0717 e. The van der Waals surface area contributed by atoms with Crippen LogP contribution in [0.15, 0.2) is 0 Å². The summed E-state index contributed by atoms with van der Waals surface area (Å²) in [5.74, 6) is 0. The third-order valence-electron chi connectivity index (χ3n) is 3.60. The SMILES string of the molecule is CNCCCC([SiH3])(COCCO)OC.COCCOCCO.COCCOCCO. The maximum Gasteiger partial charge on any atom is 0.0717 e. The Morgan fingerprint density at radius 3 is 1.57 bits per heavy atom. The lowest BCUT2D eigenvalue weighted by molar-refractivity contribution is -0.0327. The van der Waals surface area contributed by atoms with Gasteiger partial charge < -0.3 is 49.1 Å². The van der Waals surface area contributed by atoms with Crippen LogP contribution in [0.25, 0.3) is 0 Å².